The number of benzene rings is 1. The van der Waals surface area contributed by atoms with Crippen LogP contribution in [-0.2, 0) is 6.67 Å². The molecule has 0 saturated heterocycles. The number of pyridine rings is 1. The van der Waals surface area contributed by atoms with Crippen LogP contribution in [0, 0.1) is 0 Å². The predicted octanol–water partition coefficient (Wildman–Crippen LogP) is 4.46. The maximum Gasteiger partial charge on any atom is 0.115 e. The molecule has 1 aromatic heterocycles. The van der Waals surface area contributed by atoms with Crippen LogP contribution in [0.3, 0.4) is 0 Å². The highest BCUT2D eigenvalue weighted by molar-refractivity contribution is 9.10. The number of aromatic nitrogens is 1. The summed E-state index contributed by atoms with van der Waals surface area (Å²) >= 11 is 4.99. The lowest BCUT2D eigenvalue weighted by Crippen LogP contribution is -1.82. The molecule has 1 nitrogen and oxygen atoms in total. The van der Waals surface area contributed by atoms with Crippen molar-refractivity contribution < 1.29 is 4.39 Å². The largest absolute Gasteiger partial charge is 0.248 e. The monoisotopic (exact) mass is 297 g/mol. The van der Waals surface area contributed by atoms with E-state index in [9.17, 15) is 4.39 Å². The summed E-state index contributed by atoms with van der Waals surface area (Å²) in [7, 11) is 0. The third-order valence-corrected chi connectivity index (χ3v) is 3.95. The van der Waals surface area contributed by atoms with E-state index in [1.165, 1.54) is 0 Å². The highest BCUT2D eigenvalue weighted by atomic mass is 79.9. The molecule has 0 bridgehead atoms. The summed E-state index contributed by atoms with van der Waals surface area (Å²) in [4.78, 5) is 5.31. The Balaban J connectivity index is 2.18. The first-order chi connectivity index (χ1) is 7.79. The highest BCUT2D eigenvalue weighted by Crippen LogP contribution is 2.31. The van der Waals surface area contributed by atoms with E-state index in [0.717, 1.165) is 14.4 Å². The maximum atomic E-state index is 12.3. The molecule has 0 aliphatic rings. The smallest absolute Gasteiger partial charge is 0.115 e. The molecule has 4 heteroatoms. The van der Waals surface area contributed by atoms with Crippen molar-refractivity contribution in [3.63, 3.8) is 0 Å². The van der Waals surface area contributed by atoms with Crippen molar-refractivity contribution in [3.05, 3.63) is 52.6 Å². The Hall–Kier alpha value is -0.870. The van der Waals surface area contributed by atoms with Gasteiger partial charge in [0.15, 0.2) is 0 Å². The SMILES string of the molecule is FCc1ccc(Sc2ncccc2Br)cc1. The number of hydrogen-bond acceptors (Lipinski definition) is 2. The minimum atomic E-state index is -0.418. The zero-order valence-electron chi connectivity index (χ0n) is 8.36. The van der Waals surface area contributed by atoms with Crippen LogP contribution >= 0.6 is 27.7 Å². The minimum absolute atomic E-state index is 0.418. The molecule has 1 heterocycles. The van der Waals surface area contributed by atoms with Crippen LogP contribution in [0.25, 0.3) is 0 Å². The summed E-state index contributed by atoms with van der Waals surface area (Å²) in [5.41, 5.74) is 0.699. The van der Waals surface area contributed by atoms with Gasteiger partial charge in [0.05, 0.1) is 4.47 Å². The molecule has 16 heavy (non-hydrogen) atoms. The van der Waals surface area contributed by atoms with Gasteiger partial charge in [-0.25, -0.2) is 9.37 Å². The Morgan fingerprint density at radius 1 is 1.19 bits per heavy atom. The molecule has 0 unspecified atom stereocenters. The van der Waals surface area contributed by atoms with Crippen molar-refractivity contribution in [2.75, 3.05) is 0 Å². The molecule has 0 atom stereocenters. The molecule has 0 aliphatic heterocycles. The third-order valence-electron chi connectivity index (χ3n) is 2.02. The van der Waals surface area contributed by atoms with Crippen LogP contribution in [-0.4, -0.2) is 4.98 Å². The van der Waals surface area contributed by atoms with Gasteiger partial charge in [-0.2, -0.15) is 0 Å². The fourth-order valence-electron chi connectivity index (χ4n) is 1.20. The lowest BCUT2D eigenvalue weighted by atomic mass is 10.2. The zero-order valence-corrected chi connectivity index (χ0v) is 10.8. The van der Waals surface area contributed by atoms with Gasteiger partial charge < -0.3 is 0 Å². The van der Waals surface area contributed by atoms with Crippen molar-refractivity contribution in [2.45, 2.75) is 16.6 Å². The molecule has 0 spiro atoms. The number of hydrogen-bond donors (Lipinski definition) is 0. The van der Waals surface area contributed by atoms with Crippen LogP contribution < -0.4 is 0 Å². The summed E-state index contributed by atoms with van der Waals surface area (Å²) in [5.74, 6) is 0. The Bertz CT molecular complexity index is 473. The third kappa shape index (κ3) is 2.83. The summed E-state index contributed by atoms with van der Waals surface area (Å²) in [6, 6.07) is 11.2. The Labute approximate surface area is 106 Å². The molecular weight excluding hydrogens is 289 g/mol. The van der Waals surface area contributed by atoms with Gasteiger partial charge in [0.2, 0.25) is 0 Å². The van der Waals surface area contributed by atoms with Crippen molar-refractivity contribution in [1.82, 2.24) is 4.98 Å². The van der Waals surface area contributed by atoms with Crippen LogP contribution in [0.4, 0.5) is 4.39 Å². The van der Waals surface area contributed by atoms with E-state index in [1.54, 1.807) is 30.1 Å². The first-order valence-corrected chi connectivity index (χ1v) is 6.34. The van der Waals surface area contributed by atoms with Gasteiger partial charge in [0.25, 0.3) is 0 Å². The molecule has 82 valence electrons. The fraction of sp³-hybridized carbons (Fsp3) is 0.0833. The molecule has 1 aromatic carbocycles. The molecule has 0 radical (unpaired) electrons. The number of rotatable bonds is 3. The number of alkyl halides is 1. The quantitative estimate of drug-likeness (QED) is 0.829. The van der Waals surface area contributed by atoms with Crippen LogP contribution in [0.15, 0.2) is 57.0 Å². The van der Waals surface area contributed by atoms with Gasteiger partial charge >= 0.3 is 0 Å². The van der Waals surface area contributed by atoms with Gasteiger partial charge in [-0.1, -0.05) is 23.9 Å². The lowest BCUT2D eigenvalue weighted by Gasteiger charge is -2.03. The molecule has 2 aromatic rings. The lowest BCUT2D eigenvalue weighted by molar-refractivity contribution is 0.485. The van der Waals surface area contributed by atoms with E-state index in [1.807, 2.05) is 24.3 Å². The Morgan fingerprint density at radius 2 is 1.94 bits per heavy atom. The van der Waals surface area contributed by atoms with Crippen LogP contribution in [0.2, 0.25) is 0 Å². The van der Waals surface area contributed by atoms with Gasteiger partial charge in [-0.3, -0.25) is 0 Å². The second-order valence-corrected chi connectivity index (χ2v) is 5.09. The Morgan fingerprint density at radius 3 is 2.56 bits per heavy atom. The second-order valence-electron chi connectivity index (χ2n) is 3.17. The summed E-state index contributed by atoms with van der Waals surface area (Å²) in [6.45, 7) is -0.418. The molecular formula is C12H9BrFNS. The van der Waals surface area contributed by atoms with Crippen molar-refractivity contribution in [3.8, 4) is 0 Å². The van der Waals surface area contributed by atoms with Gasteiger partial charge in [-0.15, -0.1) is 0 Å². The molecule has 0 aliphatic carbocycles. The van der Waals surface area contributed by atoms with Gasteiger partial charge in [0.1, 0.15) is 11.7 Å². The Kier molecular flexibility index (Phi) is 3.96. The normalized spacial score (nSPS) is 10.4. The first-order valence-electron chi connectivity index (χ1n) is 4.73. The van der Waals surface area contributed by atoms with Crippen molar-refractivity contribution in [1.29, 1.82) is 0 Å². The summed E-state index contributed by atoms with van der Waals surface area (Å²) < 4.78 is 13.3. The maximum absolute atomic E-state index is 12.3. The van der Waals surface area contributed by atoms with E-state index < -0.39 is 6.67 Å². The van der Waals surface area contributed by atoms with Gasteiger partial charge in [-0.05, 0) is 45.8 Å². The van der Waals surface area contributed by atoms with E-state index in [4.69, 9.17) is 0 Å². The molecule has 0 amide bonds. The van der Waals surface area contributed by atoms with Crippen molar-refractivity contribution >= 4 is 27.7 Å². The number of nitrogens with zero attached hydrogens (tertiary/aromatic N) is 1. The van der Waals surface area contributed by atoms with Crippen LogP contribution in [0.5, 0.6) is 0 Å². The van der Waals surface area contributed by atoms with Gasteiger partial charge in [0, 0.05) is 11.1 Å². The summed E-state index contributed by atoms with van der Waals surface area (Å²) in [6.07, 6.45) is 1.75. The average Bonchev–Trinajstić information content (AvgIpc) is 2.33. The topological polar surface area (TPSA) is 12.9 Å². The molecule has 0 saturated carbocycles. The van der Waals surface area contributed by atoms with Crippen molar-refractivity contribution in [2.24, 2.45) is 0 Å². The standard InChI is InChI=1S/C12H9BrFNS/c13-11-2-1-7-15-12(11)16-10-5-3-9(8-14)4-6-10/h1-7H,8H2. The van der Waals surface area contributed by atoms with E-state index >= 15 is 0 Å². The summed E-state index contributed by atoms with van der Waals surface area (Å²) in [5, 5.41) is 0.912. The minimum Gasteiger partial charge on any atom is -0.248 e. The molecule has 0 fully saturated rings. The average molecular weight is 298 g/mol. The van der Waals surface area contributed by atoms with E-state index in [-0.39, 0.29) is 0 Å². The number of halogens is 2. The zero-order chi connectivity index (χ0) is 11.4. The highest BCUT2D eigenvalue weighted by Gasteiger charge is 2.02. The fourth-order valence-corrected chi connectivity index (χ4v) is 2.48. The molecule has 0 N–H and O–H groups in total. The van der Waals surface area contributed by atoms with E-state index in [0.29, 0.717) is 5.56 Å². The van der Waals surface area contributed by atoms with E-state index in [2.05, 4.69) is 20.9 Å². The predicted molar refractivity (Wildman–Crippen MR) is 67.3 cm³/mol. The molecule has 2 rings (SSSR count). The van der Waals surface area contributed by atoms with Crippen LogP contribution in [0.1, 0.15) is 5.56 Å². The second kappa shape index (κ2) is 5.46. The first kappa shape index (κ1) is 11.6.